The Balaban J connectivity index is 1.16. The Kier molecular flexibility index (Phi) is 8.58. The van der Waals surface area contributed by atoms with Crippen molar-refractivity contribution in [1.29, 1.82) is 0 Å². The van der Waals surface area contributed by atoms with Gasteiger partial charge in [-0.25, -0.2) is 24.3 Å². The number of fused-ring (bicyclic) bond motifs is 4. The fourth-order valence-corrected chi connectivity index (χ4v) is 9.85. The van der Waals surface area contributed by atoms with Crippen molar-refractivity contribution in [3.05, 3.63) is 29.3 Å². The van der Waals surface area contributed by atoms with E-state index in [4.69, 9.17) is 46.3 Å². The smallest absolute Gasteiger partial charge is 0.396 e. The third-order valence-corrected chi connectivity index (χ3v) is 11.7. The first-order valence-corrected chi connectivity index (χ1v) is 19.7. The molecule has 3 aliphatic heterocycles. The zero-order valence-corrected chi connectivity index (χ0v) is 28.0. The van der Waals surface area contributed by atoms with Gasteiger partial charge in [-0.05, 0) is 16.4 Å². The molecule has 2 unspecified atom stereocenters. The lowest BCUT2D eigenvalue weighted by molar-refractivity contribution is -0.183. The van der Waals surface area contributed by atoms with Crippen LogP contribution in [0.3, 0.4) is 0 Å². The number of nitrogen functional groups attached to an aromatic ring is 2. The van der Waals surface area contributed by atoms with Crippen molar-refractivity contribution in [2.45, 2.75) is 47.6 Å². The molecule has 0 saturated carbocycles. The van der Waals surface area contributed by atoms with Crippen LogP contribution in [0.1, 0.15) is 18.0 Å². The van der Waals surface area contributed by atoms with Crippen LogP contribution in [0.25, 0.3) is 22.3 Å². The third-order valence-electron chi connectivity index (χ3n) is 8.07. The molecule has 3 fully saturated rings. The van der Waals surface area contributed by atoms with Gasteiger partial charge in [-0.2, -0.15) is 4.98 Å². The average molecular weight is 752 g/mol. The number of hydrogen-bond acceptors (Lipinski definition) is 17. The third kappa shape index (κ3) is 5.75. The molecule has 0 aromatic carbocycles. The summed E-state index contributed by atoms with van der Waals surface area (Å²) in [6.07, 6.45) is -0.718. The number of nitrogens with zero attached hydrogens (tertiary/aromatic N) is 7. The number of aromatic amines is 1. The topological polar surface area (TPSA) is 263 Å². The molecule has 3 aliphatic rings. The van der Waals surface area contributed by atoms with Crippen LogP contribution in [0.15, 0.2) is 23.8 Å². The van der Waals surface area contributed by atoms with Crippen molar-refractivity contribution >= 4 is 83.9 Å². The van der Waals surface area contributed by atoms with Gasteiger partial charge in [-0.3, -0.25) is 23.4 Å². The van der Waals surface area contributed by atoms with Gasteiger partial charge in [-0.1, -0.05) is 0 Å². The van der Waals surface area contributed by atoms with Crippen LogP contribution in [-0.4, -0.2) is 104 Å². The zero-order valence-electron chi connectivity index (χ0n) is 23.7. The van der Waals surface area contributed by atoms with E-state index in [-0.39, 0.29) is 41.7 Å². The van der Waals surface area contributed by atoms with Gasteiger partial charge < -0.3 is 35.5 Å². The highest BCUT2D eigenvalue weighted by atomic mass is 32.7. The number of hydrogen-bond donors (Lipinski definition) is 6. The molecule has 7 heterocycles. The molecule has 7 N–H and O–H groups in total. The Morgan fingerprint density at radius 2 is 2.00 bits per heavy atom. The Bertz CT molecular complexity index is 1990. The van der Waals surface area contributed by atoms with Crippen LogP contribution in [0.2, 0.25) is 0 Å². The number of halogens is 1. The highest BCUT2D eigenvalue weighted by molar-refractivity contribution is 8.39. The number of aliphatic hydroxyl groups is 1. The average Bonchev–Trinajstić information content (AvgIpc) is 3.81. The van der Waals surface area contributed by atoms with Gasteiger partial charge in [-0.15, -0.1) is 16.3 Å². The molecule has 7 rings (SSSR count). The molecular formula is C22H26FN10O9P2S3+. The second-order valence-electron chi connectivity index (χ2n) is 10.9. The van der Waals surface area contributed by atoms with E-state index in [9.17, 15) is 19.4 Å². The van der Waals surface area contributed by atoms with E-state index in [1.54, 1.807) is 4.57 Å². The van der Waals surface area contributed by atoms with Gasteiger partial charge in [0.15, 0.2) is 46.2 Å². The first-order chi connectivity index (χ1) is 22.3. The number of aliphatic hydroxyl groups excluding tert-OH is 1. The van der Waals surface area contributed by atoms with Crippen LogP contribution in [0.5, 0.6) is 0 Å². The van der Waals surface area contributed by atoms with Gasteiger partial charge in [0.25, 0.3) is 5.56 Å². The van der Waals surface area contributed by atoms with Crippen molar-refractivity contribution in [3.63, 3.8) is 0 Å². The maximum atomic E-state index is 16.4. The normalized spacial score (nSPS) is 32.0. The molecule has 4 aromatic heterocycles. The lowest BCUT2D eigenvalue weighted by atomic mass is 9.97. The molecule has 19 nitrogen and oxygen atoms in total. The summed E-state index contributed by atoms with van der Waals surface area (Å²) in [7, 11) is -2.46. The zero-order chi connectivity index (χ0) is 33.3. The molecular weight excluding hydrogens is 725 g/mol. The van der Waals surface area contributed by atoms with Crippen LogP contribution in [0.4, 0.5) is 16.2 Å². The van der Waals surface area contributed by atoms with E-state index in [0.717, 1.165) is 11.8 Å². The Morgan fingerprint density at radius 1 is 1.23 bits per heavy atom. The van der Waals surface area contributed by atoms with Crippen LogP contribution < -0.4 is 17.0 Å². The van der Waals surface area contributed by atoms with Gasteiger partial charge in [0.05, 0.1) is 25.9 Å². The number of nitrogens with two attached hydrogens (primary N) is 2. The Labute approximate surface area is 278 Å². The highest BCUT2D eigenvalue weighted by Gasteiger charge is 2.66. The highest BCUT2D eigenvalue weighted by Crippen LogP contribution is 2.58. The number of ether oxygens (including phenoxy) is 2. The summed E-state index contributed by atoms with van der Waals surface area (Å²) >= 11 is 10.3. The molecule has 252 valence electrons. The molecule has 2 bridgehead atoms. The van der Waals surface area contributed by atoms with Crippen molar-refractivity contribution in [2.24, 2.45) is 0 Å². The molecule has 0 amide bonds. The predicted molar refractivity (Wildman–Crippen MR) is 171 cm³/mol. The number of alkyl halides is 1. The molecule has 47 heavy (non-hydrogen) atoms. The van der Waals surface area contributed by atoms with E-state index >= 15 is 4.39 Å². The van der Waals surface area contributed by atoms with Crippen molar-refractivity contribution in [1.82, 2.24) is 39.0 Å². The van der Waals surface area contributed by atoms with E-state index < -0.39 is 73.9 Å². The monoisotopic (exact) mass is 751 g/mol. The lowest BCUT2D eigenvalue weighted by Crippen LogP contribution is -2.45. The van der Waals surface area contributed by atoms with Gasteiger partial charge >= 0.3 is 13.9 Å². The fraction of sp³-hybridized carbons (Fsp3) is 0.545. The van der Waals surface area contributed by atoms with Gasteiger partial charge in [0, 0.05) is 18.8 Å². The largest absolute Gasteiger partial charge is 0.582 e. The number of H-pyrrole nitrogens is 1. The number of imidazole rings is 2. The summed E-state index contributed by atoms with van der Waals surface area (Å²) in [4.78, 5) is 46.7. The van der Waals surface area contributed by atoms with Crippen LogP contribution in [0, 0.1) is 0 Å². The van der Waals surface area contributed by atoms with E-state index in [1.165, 1.54) is 23.5 Å². The van der Waals surface area contributed by atoms with E-state index in [0.29, 0.717) is 11.2 Å². The lowest BCUT2D eigenvalue weighted by Gasteiger charge is -2.34. The molecule has 9 atom stereocenters. The van der Waals surface area contributed by atoms with Crippen LogP contribution >= 0.6 is 38.0 Å². The SMILES string of the molecule is Nc1nc2c(ncn2[C@@H]2SC[C@@](F)(CCO)[C@H]2OP(O)(=S)OC[C@@]23CO[C@@H]([C@H](n4cnc5c(N)ncnc54)O2)[C@@H]3O[P+](=O)S)c(=O)[nH]1. The fourth-order valence-electron chi connectivity index (χ4n) is 5.95. The summed E-state index contributed by atoms with van der Waals surface area (Å²) in [5, 5.41) is 8.71. The number of aromatic nitrogens is 8. The van der Waals surface area contributed by atoms with Gasteiger partial charge in [0.2, 0.25) is 5.95 Å². The minimum atomic E-state index is -4.33. The number of anilines is 2. The molecule has 4 aromatic rings. The molecule has 0 radical (unpaired) electrons. The van der Waals surface area contributed by atoms with Gasteiger partial charge in [0.1, 0.15) is 41.7 Å². The van der Waals surface area contributed by atoms with E-state index in [1.807, 2.05) is 0 Å². The Hall–Kier alpha value is -2.40. The number of rotatable bonds is 11. The van der Waals surface area contributed by atoms with Crippen molar-refractivity contribution in [2.75, 3.05) is 37.0 Å². The molecule has 25 heteroatoms. The second-order valence-corrected chi connectivity index (χ2v) is 16.5. The number of thioether (sulfide) groups is 1. The maximum absolute atomic E-state index is 16.4. The first-order valence-electron chi connectivity index (χ1n) is 13.7. The quantitative estimate of drug-likeness (QED) is 0.0911. The summed E-state index contributed by atoms with van der Waals surface area (Å²) < 4.78 is 61.1. The predicted octanol–water partition coefficient (Wildman–Crippen LogP) is 0.717. The maximum Gasteiger partial charge on any atom is 0.582 e. The number of thiol groups is 1. The van der Waals surface area contributed by atoms with Crippen LogP contribution in [-0.2, 0) is 39.4 Å². The molecule has 3 saturated heterocycles. The van der Waals surface area contributed by atoms with Crippen molar-refractivity contribution < 1.29 is 42.0 Å². The van der Waals surface area contributed by atoms with E-state index in [2.05, 4.69) is 42.2 Å². The molecule has 0 aliphatic carbocycles. The van der Waals surface area contributed by atoms with Crippen molar-refractivity contribution in [3.8, 4) is 0 Å². The summed E-state index contributed by atoms with van der Waals surface area (Å²) in [5.74, 6) is -0.213. The first kappa shape index (κ1) is 33.1. The standard InChI is InChI=1S/C22H25FN10O9P2S3/c23-21(1-2-34)5-47-19(33-8-29-10-16(33)30-20(25)31-17(10)35)13(21)42-44(37,46)39-4-22-3-38-11(12(22)41-43(36)45)18(40-22)32-7-28-9-14(24)26-6-27-15(9)32/h6-8,11-13,18-19,34H,1-5H2,(H6-,24,25,26,27,30,31,35,36,37,45,46)/p+1/t11-,12+,13+,18-,19-,21+,22-,44?/m1/s1. The minimum absolute atomic E-state index is 0.0482. The minimum Gasteiger partial charge on any atom is -0.396 e. The Morgan fingerprint density at radius 3 is 2.77 bits per heavy atom. The molecule has 0 spiro atoms. The summed E-state index contributed by atoms with van der Waals surface area (Å²) in [5.41, 5.74) is 8.04. The summed E-state index contributed by atoms with van der Waals surface area (Å²) in [6, 6.07) is 0. The number of nitrogens with one attached hydrogen (secondary N) is 1. The second kappa shape index (κ2) is 12.2. The summed E-state index contributed by atoms with van der Waals surface area (Å²) in [6.45, 7) is -5.49.